The molecule has 0 aromatic rings. The van der Waals surface area contributed by atoms with Crippen molar-refractivity contribution in [1.82, 2.24) is 9.80 Å². The average molecular weight is 318 g/mol. The highest BCUT2D eigenvalue weighted by Crippen LogP contribution is 2.43. The van der Waals surface area contributed by atoms with Crippen molar-refractivity contribution in [2.24, 2.45) is 5.92 Å². The van der Waals surface area contributed by atoms with Crippen LogP contribution in [0.2, 0.25) is 0 Å². The second kappa shape index (κ2) is 5.13. The van der Waals surface area contributed by atoms with Crippen LogP contribution in [0.5, 0.6) is 0 Å². The Bertz CT molecular complexity index is 469. The van der Waals surface area contributed by atoms with Gasteiger partial charge in [0.15, 0.2) is 6.23 Å². The van der Waals surface area contributed by atoms with E-state index in [1.54, 1.807) is 0 Å². The Balaban J connectivity index is 1.59. The van der Waals surface area contributed by atoms with Crippen molar-refractivity contribution in [3.63, 3.8) is 0 Å². The zero-order valence-electron chi connectivity index (χ0n) is 13.7. The van der Waals surface area contributed by atoms with Gasteiger partial charge < -0.3 is 9.64 Å². The largest absolute Gasteiger partial charge is 0.391 e. The molecule has 6 heteroatoms. The molecule has 4 unspecified atom stereocenters. The minimum Gasteiger partial charge on any atom is -0.348 e. The van der Waals surface area contributed by atoms with Crippen molar-refractivity contribution < 1.29 is 17.9 Å². The van der Waals surface area contributed by atoms with Gasteiger partial charge in [0, 0.05) is 30.4 Å². The predicted octanol–water partition coefficient (Wildman–Crippen LogP) is 3.37. The zero-order chi connectivity index (χ0) is 16.3. The topological polar surface area (TPSA) is 19.0 Å². The summed E-state index contributed by atoms with van der Waals surface area (Å²) in [7, 11) is 0. The SMILES string of the molecule is CC(CC1OC1N1C2=CCC1CN(C(C)(C)C)C2)C(F)(F)F. The molecule has 3 nitrogen and oxygen atoms in total. The minimum absolute atomic E-state index is 0.0631. The summed E-state index contributed by atoms with van der Waals surface area (Å²) in [6.07, 6.45) is -1.29. The van der Waals surface area contributed by atoms with Gasteiger partial charge >= 0.3 is 6.18 Å². The third-order valence-electron chi connectivity index (χ3n) is 5.06. The molecule has 0 saturated carbocycles. The summed E-state index contributed by atoms with van der Waals surface area (Å²) in [6, 6.07) is 0.346. The Morgan fingerprint density at radius 1 is 1.32 bits per heavy atom. The third kappa shape index (κ3) is 3.00. The molecule has 126 valence electrons. The molecular formula is C16H25F3N2O. The lowest BCUT2D eigenvalue weighted by molar-refractivity contribution is -0.172. The van der Waals surface area contributed by atoms with E-state index in [1.165, 1.54) is 12.6 Å². The standard InChI is InChI=1S/C16H25F3N2O/c1-10(16(17,18)19)7-13-14(22-13)21-11-5-6-12(21)9-20(8-11)15(2,3)4/h5,10,12-14H,6-9H2,1-4H3. The van der Waals surface area contributed by atoms with Gasteiger partial charge in [-0.1, -0.05) is 13.0 Å². The number of hydrogen-bond donors (Lipinski definition) is 0. The van der Waals surface area contributed by atoms with E-state index in [9.17, 15) is 13.2 Å². The van der Waals surface area contributed by atoms with E-state index in [-0.39, 0.29) is 24.3 Å². The first-order valence-corrected chi connectivity index (χ1v) is 8.02. The molecule has 0 spiro atoms. The molecule has 2 saturated heterocycles. The quantitative estimate of drug-likeness (QED) is 0.744. The van der Waals surface area contributed by atoms with Gasteiger partial charge in [-0.25, -0.2) is 0 Å². The van der Waals surface area contributed by atoms with Crippen molar-refractivity contribution in [3.05, 3.63) is 11.8 Å². The molecule has 0 N–H and O–H groups in total. The van der Waals surface area contributed by atoms with E-state index in [0.29, 0.717) is 6.04 Å². The average Bonchev–Trinajstić information content (AvgIpc) is 3.07. The Morgan fingerprint density at radius 3 is 2.55 bits per heavy atom. The summed E-state index contributed by atoms with van der Waals surface area (Å²) in [4.78, 5) is 4.67. The maximum absolute atomic E-state index is 12.7. The van der Waals surface area contributed by atoms with Gasteiger partial charge in [-0.05, 0) is 33.6 Å². The van der Waals surface area contributed by atoms with Gasteiger partial charge in [0.25, 0.3) is 0 Å². The van der Waals surface area contributed by atoms with Crippen molar-refractivity contribution in [3.8, 4) is 0 Å². The monoisotopic (exact) mass is 318 g/mol. The maximum Gasteiger partial charge on any atom is 0.391 e. The Hall–Kier alpha value is -0.750. The number of fused-ring (bicyclic) bond motifs is 2. The van der Waals surface area contributed by atoms with Gasteiger partial charge in [0.05, 0.1) is 5.92 Å². The van der Waals surface area contributed by atoms with Gasteiger partial charge in [0.2, 0.25) is 0 Å². The van der Waals surface area contributed by atoms with Crippen LogP contribution < -0.4 is 0 Å². The molecule has 4 atom stereocenters. The lowest BCUT2D eigenvalue weighted by Gasteiger charge is -2.45. The van der Waals surface area contributed by atoms with Crippen molar-refractivity contribution >= 4 is 0 Å². The first kappa shape index (κ1) is 16.1. The second-order valence-corrected chi connectivity index (χ2v) is 7.79. The number of hydrogen-bond acceptors (Lipinski definition) is 3. The summed E-state index contributed by atoms with van der Waals surface area (Å²) in [5.41, 5.74) is 1.33. The van der Waals surface area contributed by atoms with Crippen LogP contribution in [-0.2, 0) is 4.74 Å². The normalized spacial score (nSPS) is 33.9. The van der Waals surface area contributed by atoms with E-state index < -0.39 is 12.1 Å². The van der Waals surface area contributed by atoms with Crippen molar-refractivity contribution in [1.29, 1.82) is 0 Å². The fourth-order valence-corrected chi connectivity index (χ4v) is 3.46. The molecule has 0 aliphatic carbocycles. The highest BCUT2D eigenvalue weighted by Gasteiger charge is 2.53. The van der Waals surface area contributed by atoms with Crippen LogP contribution in [0.1, 0.15) is 40.5 Å². The van der Waals surface area contributed by atoms with E-state index >= 15 is 0 Å². The van der Waals surface area contributed by atoms with E-state index in [4.69, 9.17) is 4.74 Å². The predicted molar refractivity (Wildman–Crippen MR) is 78.2 cm³/mol. The Labute approximate surface area is 130 Å². The lowest BCUT2D eigenvalue weighted by Crippen LogP contribution is -2.55. The van der Waals surface area contributed by atoms with E-state index in [2.05, 4.69) is 36.6 Å². The third-order valence-corrected chi connectivity index (χ3v) is 5.06. The smallest absolute Gasteiger partial charge is 0.348 e. The first-order valence-electron chi connectivity index (χ1n) is 8.02. The van der Waals surface area contributed by atoms with Crippen LogP contribution in [0.25, 0.3) is 0 Å². The molecule has 0 aromatic carbocycles. The highest BCUT2D eigenvalue weighted by molar-refractivity contribution is 5.20. The summed E-state index contributed by atoms with van der Waals surface area (Å²) >= 11 is 0. The number of epoxide rings is 1. The summed E-state index contributed by atoms with van der Waals surface area (Å²) in [5, 5.41) is 0. The summed E-state index contributed by atoms with van der Waals surface area (Å²) in [5.74, 6) is -1.30. The molecule has 0 radical (unpaired) electrons. The highest BCUT2D eigenvalue weighted by atomic mass is 19.4. The van der Waals surface area contributed by atoms with Crippen LogP contribution >= 0.6 is 0 Å². The summed E-state index contributed by atoms with van der Waals surface area (Å²) in [6.45, 7) is 9.65. The zero-order valence-corrected chi connectivity index (χ0v) is 13.7. The molecule has 0 aromatic heterocycles. The van der Waals surface area contributed by atoms with Crippen LogP contribution in [0.4, 0.5) is 13.2 Å². The summed E-state index contributed by atoms with van der Waals surface area (Å²) < 4.78 is 43.6. The molecule has 0 amide bonds. The molecular weight excluding hydrogens is 293 g/mol. The van der Waals surface area contributed by atoms with Crippen LogP contribution in [0.15, 0.2) is 11.8 Å². The van der Waals surface area contributed by atoms with Crippen molar-refractivity contribution in [2.45, 2.75) is 70.6 Å². The first-order chi connectivity index (χ1) is 10.1. The Morgan fingerprint density at radius 2 is 2.00 bits per heavy atom. The molecule has 3 rings (SSSR count). The van der Waals surface area contributed by atoms with Gasteiger partial charge in [-0.2, -0.15) is 13.2 Å². The molecule has 3 heterocycles. The van der Waals surface area contributed by atoms with Gasteiger partial charge in [0.1, 0.15) is 6.10 Å². The van der Waals surface area contributed by atoms with Gasteiger partial charge in [-0.15, -0.1) is 0 Å². The fourth-order valence-electron chi connectivity index (χ4n) is 3.46. The number of piperazine rings is 1. The molecule has 3 aliphatic heterocycles. The molecule has 3 aliphatic rings. The van der Waals surface area contributed by atoms with Gasteiger partial charge in [-0.3, -0.25) is 4.90 Å². The van der Waals surface area contributed by atoms with E-state index in [0.717, 1.165) is 19.5 Å². The number of rotatable bonds is 3. The van der Waals surface area contributed by atoms with Crippen LogP contribution in [-0.4, -0.2) is 53.0 Å². The fraction of sp³-hybridized carbons (Fsp3) is 0.875. The molecule has 2 bridgehead atoms. The molecule has 2 fully saturated rings. The second-order valence-electron chi connectivity index (χ2n) is 7.79. The number of halogens is 3. The minimum atomic E-state index is -4.13. The van der Waals surface area contributed by atoms with Crippen LogP contribution in [0.3, 0.4) is 0 Å². The maximum atomic E-state index is 12.7. The lowest BCUT2D eigenvalue weighted by atomic mass is 10.0. The number of ether oxygens (including phenoxy) is 1. The van der Waals surface area contributed by atoms with E-state index in [1.807, 2.05) is 0 Å². The van der Waals surface area contributed by atoms with Crippen molar-refractivity contribution in [2.75, 3.05) is 13.1 Å². The number of nitrogens with zero attached hydrogens (tertiary/aromatic N) is 2. The van der Waals surface area contributed by atoms with Crippen LogP contribution in [0, 0.1) is 5.92 Å². The molecule has 22 heavy (non-hydrogen) atoms. The number of alkyl halides is 3. The Kier molecular flexibility index (Phi) is 3.76.